The van der Waals surface area contributed by atoms with Crippen molar-refractivity contribution in [1.29, 1.82) is 0 Å². The highest BCUT2D eigenvalue weighted by atomic mass is 32.2. The summed E-state index contributed by atoms with van der Waals surface area (Å²) < 4.78 is 29.9. The number of aromatic nitrogens is 2. The Kier molecular flexibility index (Phi) is 7.14. The van der Waals surface area contributed by atoms with E-state index in [2.05, 4.69) is 20.1 Å². The van der Waals surface area contributed by atoms with E-state index in [4.69, 9.17) is 0 Å². The quantitative estimate of drug-likeness (QED) is 0.377. The first-order chi connectivity index (χ1) is 18.0. The third-order valence-corrected chi connectivity index (χ3v) is 7.47. The Bertz CT molecular complexity index is 1510. The molecule has 8 nitrogen and oxygen atoms in total. The second-order valence-corrected chi connectivity index (χ2v) is 10.4. The molecule has 37 heavy (non-hydrogen) atoms. The standard InChI is InChI=1S/C28H27N5O3S/c34-28(25-20-33(23-12-6-2-7-13-23)31-27(25)21-10-4-1-5-11-21)30-22-15-17-24(18-16-22)37(35,36)32-26-14-8-3-9-19-29-26/h1-2,4-7,10-13,15-18,20H,3,8-9,14,19H2,(H,29,32)(H,30,34). The molecule has 1 amide bonds. The minimum Gasteiger partial charge on any atom is -0.322 e. The second kappa shape index (κ2) is 10.8. The molecule has 0 saturated carbocycles. The Morgan fingerprint density at radius 2 is 1.54 bits per heavy atom. The lowest BCUT2D eigenvalue weighted by atomic mass is 10.1. The van der Waals surface area contributed by atoms with Crippen molar-refractivity contribution >= 4 is 27.5 Å². The number of hydrogen-bond acceptors (Lipinski definition) is 5. The highest BCUT2D eigenvalue weighted by Gasteiger charge is 2.20. The van der Waals surface area contributed by atoms with Crippen LogP contribution in [0.25, 0.3) is 16.9 Å². The molecule has 0 atom stereocenters. The van der Waals surface area contributed by atoms with Gasteiger partial charge in [0.1, 0.15) is 11.5 Å². The van der Waals surface area contributed by atoms with Crippen LogP contribution >= 0.6 is 0 Å². The molecule has 9 heteroatoms. The van der Waals surface area contributed by atoms with E-state index in [-0.39, 0.29) is 10.8 Å². The van der Waals surface area contributed by atoms with Crippen molar-refractivity contribution < 1.29 is 13.2 Å². The third-order valence-electron chi connectivity index (χ3n) is 6.08. The van der Waals surface area contributed by atoms with Crippen LogP contribution in [-0.2, 0) is 10.0 Å². The van der Waals surface area contributed by atoms with Gasteiger partial charge < -0.3 is 5.32 Å². The molecule has 1 aliphatic rings. The number of rotatable bonds is 6. The molecule has 5 rings (SSSR count). The normalized spacial score (nSPS) is 13.9. The fraction of sp³-hybridized carbons (Fsp3) is 0.179. The Balaban J connectivity index is 1.37. The molecule has 1 aromatic heterocycles. The molecule has 0 saturated heterocycles. The third kappa shape index (κ3) is 5.78. The minimum atomic E-state index is -3.75. The number of hydrogen-bond donors (Lipinski definition) is 2. The number of amidine groups is 1. The summed E-state index contributed by atoms with van der Waals surface area (Å²) in [6, 6.07) is 25.2. The van der Waals surface area contributed by atoms with Crippen LogP contribution in [0.1, 0.15) is 36.0 Å². The van der Waals surface area contributed by atoms with Crippen molar-refractivity contribution in [2.45, 2.75) is 30.6 Å². The van der Waals surface area contributed by atoms with E-state index in [1.165, 1.54) is 12.1 Å². The molecule has 1 aliphatic heterocycles. The zero-order valence-electron chi connectivity index (χ0n) is 20.2. The van der Waals surface area contributed by atoms with Crippen LogP contribution in [0.3, 0.4) is 0 Å². The van der Waals surface area contributed by atoms with Crippen LogP contribution in [0.15, 0.2) is 101 Å². The lowest BCUT2D eigenvalue weighted by molar-refractivity contribution is 0.102. The minimum absolute atomic E-state index is 0.110. The van der Waals surface area contributed by atoms with E-state index in [0.29, 0.717) is 35.7 Å². The van der Waals surface area contributed by atoms with Crippen molar-refractivity contribution in [1.82, 2.24) is 14.5 Å². The molecule has 2 N–H and O–H groups in total. The highest BCUT2D eigenvalue weighted by molar-refractivity contribution is 7.90. The summed E-state index contributed by atoms with van der Waals surface area (Å²) in [6.45, 7) is 0.634. The largest absolute Gasteiger partial charge is 0.322 e. The summed E-state index contributed by atoms with van der Waals surface area (Å²) in [7, 11) is -3.75. The van der Waals surface area contributed by atoms with E-state index < -0.39 is 10.0 Å². The Morgan fingerprint density at radius 1 is 0.838 bits per heavy atom. The number of sulfonamides is 1. The first-order valence-electron chi connectivity index (χ1n) is 12.2. The summed E-state index contributed by atoms with van der Waals surface area (Å²) in [4.78, 5) is 17.8. The van der Waals surface area contributed by atoms with Gasteiger partial charge in [0.2, 0.25) is 0 Å². The summed E-state index contributed by atoms with van der Waals surface area (Å²) in [5, 5.41) is 7.55. The molecule has 0 aliphatic carbocycles. The zero-order chi connectivity index (χ0) is 25.7. The number of amides is 1. The number of anilines is 1. The lowest BCUT2D eigenvalue weighted by Crippen LogP contribution is -2.30. The Hall–Kier alpha value is -4.24. The van der Waals surface area contributed by atoms with Gasteiger partial charge in [-0.1, -0.05) is 55.0 Å². The monoisotopic (exact) mass is 513 g/mol. The average molecular weight is 514 g/mol. The van der Waals surface area contributed by atoms with Gasteiger partial charge >= 0.3 is 0 Å². The van der Waals surface area contributed by atoms with Gasteiger partial charge in [-0.3, -0.25) is 14.5 Å². The number of para-hydroxylation sites is 1. The van der Waals surface area contributed by atoms with Crippen LogP contribution in [0.5, 0.6) is 0 Å². The molecule has 3 aromatic carbocycles. The molecule has 2 heterocycles. The van der Waals surface area contributed by atoms with Crippen LogP contribution in [0.4, 0.5) is 5.69 Å². The summed E-state index contributed by atoms with van der Waals surface area (Å²) in [5.74, 6) is 0.154. The molecule has 0 fully saturated rings. The molecule has 0 spiro atoms. The molecular weight excluding hydrogens is 486 g/mol. The van der Waals surface area contributed by atoms with Crippen molar-refractivity contribution in [2.75, 3.05) is 11.9 Å². The molecule has 0 bridgehead atoms. The van der Waals surface area contributed by atoms with Gasteiger partial charge in [0.25, 0.3) is 15.9 Å². The fourth-order valence-corrected chi connectivity index (χ4v) is 5.24. The first-order valence-corrected chi connectivity index (χ1v) is 13.7. The van der Waals surface area contributed by atoms with E-state index in [1.54, 1.807) is 23.0 Å². The van der Waals surface area contributed by atoms with Crippen LogP contribution in [-0.4, -0.2) is 36.5 Å². The molecular formula is C28H27N5O3S. The van der Waals surface area contributed by atoms with E-state index in [9.17, 15) is 13.2 Å². The number of nitrogens with zero attached hydrogens (tertiary/aromatic N) is 3. The number of carbonyl (C=O) groups is 1. The summed E-state index contributed by atoms with van der Waals surface area (Å²) >= 11 is 0. The van der Waals surface area contributed by atoms with Gasteiger partial charge in [0, 0.05) is 30.4 Å². The zero-order valence-corrected chi connectivity index (χ0v) is 21.0. The van der Waals surface area contributed by atoms with Gasteiger partial charge in [-0.15, -0.1) is 0 Å². The number of benzene rings is 3. The van der Waals surface area contributed by atoms with Gasteiger partial charge in [0.05, 0.1) is 16.1 Å². The first kappa shape index (κ1) is 24.5. The Labute approximate surface area is 216 Å². The molecule has 0 radical (unpaired) electrons. The molecule has 0 unspecified atom stereocenters. The van der Waals surface area contributed by atoms with E-state index >= 15 is 0 Å². The van der Waals surface area contributed by atoms with Crippen molar-refractivity contribution in [3.8, 4) is 16.9 Å². The molecule has 188 valence electrons. The highest BCUT2D eigenvalue weighted by Crippen LogP contribution is 2.25. The average Bonchev–Trinajstić information content (AvgIpc) is 3.22. The number of nitrogens with one attached hydrogen (secondary N) is 2. The SMILES string of the molecule is O=C(Nc1ccc(S(=O)(=O)NC2=NCCCCC2)cc1)c1cn(-c2ccccc2)nc1-c1ccccc1. The van der Waals surface area contributed by atoms with E-state index in [0.717, 1.165) is 30.5 Å². The fourth-order valence-electron chi connectivity index (χ4n) is 4.15. The maximum absolute atomic E-state index is 13.3. The predicted octanol–water partition coefficient (Wildman–Crippen LogP) is 5.04. The number of aliphatic imine (C=N–C) groups is 1. The smallest absolute Gasteiger partial charge is 0.262 e. The lowest BCUT2D eigenvalue weighted by Gasteiger charge is -2.11. The van der Waals surface area contributed by atoms with Crippen molar-refractivity contribution in [3.05, 3.63) is 96.7 Å². The topological polar surface area (TPSA) is 105 Å². The van der Waals surface area contributed by atoms with Gasteiger partial charge in [-0.25, -0.2) is 13.1 Å². The van der Waals surface area contributed by atoms with E-state index in [1.807, 2.05) is 60.7 Å². The predicted molar refractivity (Wildman–Crippen MR) is 144 cm³/mol. The summed E-state index contributed by atoms with van der Waals surface area (Å²) in [6.07, 6.45) is 5.24. The maximum atomic E-state index is 13.3. The van der Waals surface area contributed by atoms with Gasteiger partial charge in [0.15, 0.2) is 0 Å². The second-order valence-electron chi connectivity index (χ2n) is 8.76. The van der Waals surface area contributed by atoms with Gasteiger partial charge in [-0.2, -0.15) is 5.10 Å². The number of carbonyl (C=O) groups excluding carboxylic acids is 1. The van der Waals surface area contributed by atoms with Crippen LogP contribution in [0.2, 0.25) is 0 Å². The van der Waals surface area contributed by atoms with Gasteiger partial charge in [-0.05, 0) is 49.2 Å². The van der Waals surface area contributed by atoms with Crippen LogP contribution in [0, 0.1) is 0 Å². The summed E-state index contributed by atoms with van der Waals surface area (Å²) in [5.41, 5.74) is 3.08. The Morgan fingerprint density at radius 3 is 2.27 bits per heavy atom. The molecule has 4 aromatic rings. The van der Waals surface area contributed by atoms with Crippen molar-refractivity contribution in [2.24, 2.45) is 4.99 Å². The van der Waals surface area contributed by atoms with Crippen molar-refractivity contribution in [3.63, 3.8) is 0 Å². The maximum Gasteiger partial charge on any atom is 0.262 e. The van der Waals surface area contributed by atoms with Crippen LogP contribution < -0.4 is 10.0 Å².